The second kappa shape index (κ2) is 10.8. The molecule has 1 heterocycles. The molecule has 1 amide bonds. The van der Waals surface area contributed by atoms with Crippen molar-refractivity contribution in [3.05, 3.63) is 57.0 Å². The van der Waals surface area contributed by atoms with E-state index in [0.29, 0.717) is 64.1 Å². The number of ether oxygens (including phenoxy) is 3. The largest absolute Gasteiger partial charge is 0.495 e. The van der Waals surface area contributed by atoms with E-state index >= 15 is 0 Å². The topological polar surface area (TPSA) is 78.8 Å². The van der Waals surface area contributed by atoms with Crippen LogP contribution < -0.4 is 25.1 Å². The molecule has 0 saturated carbocycles. The summed E-state index contributed by atoms with van der Waals surface area (Å²) in [4.78, 5) is 26.8. The zero-order valence-electron chi connectivity index (χ0n) is 20.5. The molecule has 0 aliphatic heterocycles. The van der Waals surface area contributed by atoms with E-state index in [1.807, 2.05) is 34.6 Å². The van der Waals surface area contributed by atoms with E-state index < -0.39 is 0 Å². The van der Waals surface area contributed by atoms with Gasteiger partial charge in [0.1, 0.15) is 5.75 Å². The first-order chi connectivity index (χ1) is 16.2. The lowest BCUT2D eigenvalue weighted by Crippen LogP contribution is -2.25. The van der Waals surface area contributed by atoms with Crippen LogP contribution >= 0.6 is 11.6 Å². The van der Waals surface area contributed by atoms with Gasteiger partial charge in [0.05, 0.1) is 37.0 Å². The SMILES string of the molecule is CCOc1cc2c(C(=O)Nc3cc(C)c(Cl)cc3OC)cn(CC(C)C)c(=O)c2cc1OCC. The van der Waals surface area contributed by atoms with Crippen molar-refractivity contribution in [2.75, 3.05) is 25.6 Å². The van der Waals surface area contributed by atoms with Crippen molar-refractivity contribution >= 4 is 34.0 Å². The molecule has 0 atom stereocenters. The molecule has 34 heavy (non-hydrogen) atoms. The smallest absolute Gasteiger partial charge is 0.258 e. The van der Waals surface area contributed by atoms with Gasteiger partial charge in [0.25, 0.3) is 11.5 Å². The van der Waals surface area contributed by atoms with Crippen LogP contribution in [0.4, 0.5) is 5.69 Å². The van der Waals surface area contributed by atoms with E-state index in [4.69, 9.17) is 25.8 Å². The van der Waals surface area contributed by atoms with Crippen molar-refractivity contribution in [1.29, 1.82) is 0 Å². The van der Waals surface area contributed by atoms with Gasteiger partial charge in [0, 0.05) is 29.2 Å². The standard InChI is InChI=1S/C26H31ClN2O5/c1-7-33-23-10-17-18(11-24(23)34-8-2)26(31)29(13-15(3)4)14-19(17)25(30)28-21-9-16(5)20(27)12-22(21)32-6/h9-12,14-15H,7-8,13H2,1-6H3,(H,28,30). The van der Waals surface area contributed by atoms with Gasteiger partial charge >= 0.3 is 0 Å². The molecule has 0 saturated heterocycles. The number of aromatic nitrogens is 1. The Balaban J connectivity index is 2.22. The fourth-order valence-electron chi connectivity index (χ4n) is 3.76. The number of pyridine rings is 1. The van der Waals surface area contributed by atoms with Crippen LogP contribution in [0.25, 0.3) is 10.8 Å². The molecule has 0 aliphatic carbocycles. The third-order valence-corrected chi connectivity index (χ3v) is 5.69. The third kappa shape index (κ3) is 5.30. The van der Waals surface area contributed by atoms with Gasteiger partial charge in [0.15, 0.2) is 11.5 Å². The van der Waals surface area contributed by atoms with E-state index in [1.54, 1.807) is 35.0 Å². The second-order valence-electron chi connectivity index (χ2n) is 8.36. The van der Waals surface area contributed by atoms with Crippen LogP contribution in [-0.2, 0) is 6.54 Å². The predicted molar refractivity (Wildman–Crippen MR) is 136 cm³/mol. The maximum atomic E-state index is 13.5. The fourth-order valence-corrected chi connectivity index (χ4v) is 3.92. The molecule has 8 heteroatoms. The van der Waals surface area contributed by atoms with E-state index in [0.717, 1.165) is 5.56 Å². The van der Waals surface area contributed by atoms with Crippen molar-refractivity contribution in [3.63, 3.8) is 0 Å². The summed E-state index contributed by atoms with van der Waals surface area (Å²) in [6.07, 6.45) is 1.60. The molecule has 0 spiro atoms. The number of hydrogen-bond acceptors (Lipinski definition) is 5. The molecule has 1 N–H and O–H groups in total. The highest BCUT2D eigenvalue weighted by Gasteiger charge is 2.20. The van der Waals surface area contributed by atoms with Gasteiger partial charge < -0.3 is 24.1 Å². The predicted octanol–water partition coefficient (Wildman–Crippen LogP) is 5.68. The average molecular weight is 487 g/mol. The number of halogens is 1. The van der Waals surface area contributed by atoms with Crippen LogP contribution in [-0.4, -0.2) is 30.8 Å². The number of hydrogen-bond donors (Lipinski definition) is 1. The zero-order chi connectivity index (χ0) is 25.0. The van der Waals surface area contributed by atoms with Gasteiger partial charge in [-0.25, -0.2) is 0 Å². The zero-order valence-corrected chi connectivity index (χ0v) is 21.2. The summed E-state index contributed by atoms with van der Waals surface area (Å²) in [6, 6.07) is 6.77. The third-order valence-electron chi connectivity index (χ3n) is 5.29. The second-order valence-corrected chi connectivity index (χ2v) is 8.77. The first-order valence-electron chi connectivity index (χ1n) is 11.3. The minimum Gasteiger partial charge on any atom is -0.495 e. The Kier molecular flexibility index (Phi) is 8.10. The summed E-state index contributed by atoms with van der Waals surface area (Å²) >= 11 is 6.21. The first kappa shape index (κ1) is 25.4. The number of benzene rings is 2. The number of nitrogens with zero attached hydrogens (tertiary/aromatic N) is 1. The van der Waals surface area contributed by atoms with Crippen LogP contribution in [0.1, 0.15) is 43.6 Å². The molecule has 2 aromatic carbocycles. The van der Waals surface area contributed by atoms with Crippen molar-refractivity contribution in [2.24, 2.45) is 5.92 Å². The summed E-state index contributed by atoms with van der Waals surface area (Å²) in [7, 11) is 1.51. The van der Waals surface area contributed by atoms with Gasteiger partial charge in [-0.05, 0) is 50.5 Å². The summed E-state index contributed by atoms with van der Waals surface area (Å²) in [5.74, 6) is 1.22. The Hall–Kier alpha value is -3.19. The van der Waals surface area contributed by atoms with Crippen molar-refractivity contribution in [2.45, 2.75) is 41.2 Å². The normalized spacial score (nSPS) is 11.1. The fraction of sp³-hybridized carbons (Fsp3) is 0.385. The van der Waals surface area contributed by atoms with Crippen LogP contribution in [0.2, 0.25) is 5.02 Å². The summed E-state index contributed by atoms with van der Waals surface area (Å²) in [5.41, 5.74) is 1.44. The number of amides is 1. The molecular formula is C26H31ClN2O5. The summed E-state index contributed by atoms with van der Waals surface area (Å²) in [6.45, 7) is 10.9. The molecule has 7 nitrogen and oxygen atoms in total. The lowest BCUT2D eigenvalue weighted by Gasteiger charge is -2.18. The lowest BCUT2D eigenvalue weighted by atomic mass is 10.0. The van der Waals surface area contributed by atoms with Gasteiger partial charge in [-0.3, -0.25) is 9.59 Å². The Morgan fingerprint density at radius 3 is 2.21 bits per heavy atom. The monoisotopic (exact) mass is 486 g/mol. The van der Waals surface area contributed by atoms with Gasteiger partial charge in [-0.15, -0.1) is 0 Å². The molecular weight excluding hydrogens is 456 g/mol. The van der Waals surface area contributed by atoms with Crippen molar-refractivity contribution in [3.8, 4) is 17.2 Å². The lowest BCUT2D eigenvalue weighted by molar-refractivity contribution is 0.102. The molecule has 0 unspecified atom stereocenters. The van der Waals surface area contributed by atoms with E-state index in [-0.39, 0.29) is 17.4 Å². The van der Waals surface area contributed by atoms with Crippen LogP contribution in [0.15, 0.2) is 35.3 Å². The number of anilines is 1. The molecule has 3 aromatic rings. The molecule has 0 aliphatic rings. The highest BCUT2D eigenvalue weighted by atomic mass is 35.5. The number of carbonyl (C=O) groups excluding carboxylic acids is 1. The molecule has 182 valence electrons. The molecule has 0 radical (unpaired) electrons. The molecule has 3 rings (SSSR count). The Labute approximate surface area is 204 Å². The first-order valence-corrected chi connectivity index (χ1v) is 11.7. The highest BCUT2D eigenvalue weighted by Crippen LogP contribution is 2.35. The minimum absolute atomic E-state index is 0.191. The Bertz CT molecular complexity index is 1270. The molecule has 1 aromatic heterocycles. The number of rotatable bonds is 9. The van der Waals surface area contributed by atoms with Crippen LogP contribution in [0.3, 0.4) is 0 Å². The summed E-state index contributed by atoms with van der Waals surface area (Å²) < 4.78 is 18.4. The van der Waals surface area contributed by atoms with Crippen LogP contribution in [0, 0.1) is 12.8 Å². The minimum atomic E-state index is -0.380. The van der Waals surface area contributed by atoms with E-state index in [2.05, 4.69) is 5.32 Å². The van der Waals surface area contributed by atoms with Gasteiger partial charge in [-0.1, -0.05) is 25.4 Å². The number of methoxy groups -OCH3 is 1. The number of carbonyl (C=O) groups is 1. The maximum absolute atomic E-state index is 13.5. The molecule has 0 bridgehead atoms. The number of fused-ring (bicyclic) bond motifs is 1. The van der Waals surface area contributed by atoms with Crippen molar-refractivity contribution in [1.82, 2.24) is 4.57 Å². The van der Waals surface area contributed by atoms with E-state index in [1.165, 1.54) is 7.11 Å². The number of aryl methyl sites for hydroxylation is 1. The number of nitrogens with one attached hydrogen (secondary N) is 1. The van der Waals surface area contributed by atoms with Gasteiger partial charge in [0.2, 0.25) is 0 Å². The van der Waals surface area contributed by atoms with Crippen molar-refractivity contribution < 1.29 is 19.0 Å². The Morgan fingerprint density at radius 2 is 1.65 bits per heavy atom. The maximum Gasteiger partial charge on any atom is 0.258 e. The quantitative estimate of drug-likeness (QED) is 0.421. The highest BCUT2D eigenvalue weighted by molar-refractivity contribution is 6.31. The summed E-state index contributed by atoms with van der Waals surface area (Å²) in [5, 5.41) is 4.33. The van der Waals surface area contributed by atoms with Gasteiger partial charge in [-0.2, -0.15) is 0 Å². The average Bonchev–Trinajstić information content (AvgIpc) is 2.78. The van der Waals surface area contributed by atoms with E-state index in [9.17, 15) is 9.59 Å². The van der Waals surface area contributed by atoms with Crippen LogP contribution in [0.5, 0.6) is 17.2 Å². The Morgan fingerprint density at radius 1 is 1.03 bits per heavy atom. The molecule has 0 fully saturated rings.